The van der Waals surface area contributed by atoms with Gasteiger partial charge in [-0.2, -0.15) is 0 Å². The van der Waals surface area contributed by atoms with Crippen molar-refractivity contribution in [2.45, 2.75) is 26.8 Å². The molecule has 0 aliphatic rings. The number of carboxylic acids is 1. The van der Waals surface area contributed by atoms with E-state index in [0.717, 1.165) is 11.1 Å². The zero-order valence-corrected chi connectivity index (χ0v) is 18.1. The number of aliphatic carboxylic acids is 1. The normalized spacial score (nSPS) is 11.9. The van der Waals surface area contributed by atoms with Gasteiger partial charge >= 0.3 is 5.97 Å². The van der Waals surface area contributed by atoms with Crippen LogP contribution in [0.15, 0.2) is 72.9 Å². The van der Waals surface area contributed by atoms with Gasteiger partial charge in [0.05, 0.1) is 11.6 Å². The molecule has 1 heterocycles. The van der Waals surface area contributed by atoms with Crippen LogP contribution in [-0.4, -0.2) is 27.3 Å². The number of hydrogen-bond acceptors (Lipinski definition) is 3. The Morgan fingerprint density at radius 3 is 2.53 bits per heavy atom. The second-order valence-corrected chi connectivity index (χ2v) is 7.76. The first kappa shape index (κ1) is 22.7. The van der Waals surface area contributed by atoms with Gasteiger partial charge in [-0.3, -0.25) is 14.4 Å². The summed E-state index contributed by atoms with van der Waals surface area (Å²) in [6.07, 6.45) is 5.64. The SMILES string of the molecule is Cc1ccc(C(=O)c2cccn2C/C=C/c2cccc(NC(=O)CC(C)C(=O)O)c2)cc1. The topological polar surface area (TPSA) is 88.4 Å². The molecule has 6 nitrogen and oxygen atoms in total. The lowest BCUT2D eigenvalue weighted by atomic mass is 10.1. The van der Waals surface area contributed by atoms with Crippen molar-refractivity contribution in [1.29, 1.82) is 0 Å². The lowest BCUT2D eigenvalue weighted by Gasteiger charge is -2.08. The summed E-state index contributed by atoms with van der Waals surface area (Å²) in [4.78, 5) is 35.7. The summed E-state index contributed by atoms with van der Waals surface area (Å²) in [6, 6.07) is 18.5. The molecule has 0 saturated heterocycles. The molecule has 0 bridgehead atoms. The standard InChI is InChI=1S/C26H26N2O4/c1-18-10-12-21(13-11-18)25(30)23-9-5-15-28(23)14-4-7-20-6-3-8-22(17-20)27-24(29)16-19(2)26(31)32/h3-13,15,17,19H,14,16H2,1-2H3,(H,27,29)(H,31,32)/b7-4+. The number of aromatic nitrogens is 1. The van der Waals surface area contributed by atoms with Crippen LogP contribution in [0, 0.1) is 12.8 Å². The largest absolute Gasteiger partial charge is 0.481 e. The molecule has 1 unspecified atom stereocenters. The van der Waals surface area contributed by atoms with Gasteiger partial charge in [0.2, 0.25) is 11.7 Å². The molecule has 0 spiro atoms. The number of hydrogen-bond donors (Lipinski definition) is 2. The van der Waals surface area contributed by atoms with Crippen molar-refractivity contribution >= 4 is 29.4 Å². The Kier molecular flexibility index (Phi) is 7.39. The first-order valence-electron chi connectivity index (χ1n) is 10.4. The number of carbonyl (C=O) groups excluding carboxylic acids is 2. The molecular formula is C26H26N2O4. The number of benzene rings is 2. The number of aryl methyl sites for hydroxylation is 1. The maximum atomic E-state index is 12.8. The summed E-state index contributed by atoms with van der Waals surface area (Å²) in [5.74, 6) is -2.10. The van der Waals surface area contributed by atoms with Crippen LogP contribution in [0.3, 0.4) is 0 Å². The van der Waals surface area contributed by atoms with Gasteiger partial charge < -0.3 is 15.0 Å². The minimum absolute atomic E-state index is 0.0244. The number of nitrogens with one attached hydrogen (secondary N) is 1. The van der Waals surface area contributed by atoms with Crippen LogP contribution >= 0.6 is 0 Å². The number of ketones is 1. The van der Waals surface area contributed by atoms with Gasteiger partial charge in [0.15, 0.2) is 0 Å². The van der Waals surface area contributed by atoms with Crippen LogP contribution in [0.5, 0.6) is 0 Å². The van der Waals surface area contributed by atoms with Gasteiger partial charge in [0.1, 0.15) is 0 Å². The molecule has 1 amide bonds. The van der Waals surface area contributed by atoms with Gasteiger partial charge in [-0.05, 0) is 36.8 Å². The molecule has 0 aliphatic heterocycles. The molecule has 32 heavy (non-hydrogen) atoms. The number of anilines is 1. The third-order valence-corrected chi connectivity index (χ3v) is 5.07. The Balaban J connectivity index is 1.64. The maximum absolute atomic E-state index is 12.8. The van der Waals surface area contributed by atoms with Crippen molar-refractivity contribution in [1.82, 2.24) is 4.57 Å². The first-order valence-corrected chi connectivity index (χ1v) is 10.4. The molecule has 1 atom stereocenters. The van der Waals surface area contributed by atoms with E-state index in [1.165, 1.54) is 6.92 Å². The van der Waals surface area contributed by atoms with Crippen molar-refractivity contribution in [2.75, 3.05) is 5.32 Å². The highest BCUT2D eigenvalue weighted by molar-refractivity contribution is 6.08. The second kappa shape index (κ2) is 10.4. The summed E-state index contributed by atoms with van der Waals surface area (Å²) in [5, 5.41) is 11.7. The van der Waals surface area contributed by atoms with Gasteiger partial charge in [0.25, 0.3) is 0 Å². The minimum Gasteiger partial charge on any atom is -0.481 e. The Morgan fingerprint density at radius 1 is 1.06 bits per heavy atom. The summed E-state index contributed by atoms with van der Waals surface area (Å²) in [5.41, 5.74) is 3.86. The summed E-state index contributed by atoms with van der Waals surface area (Å²) >= 11 is 0. The lowest BCUT2D eigenvalue weighted by Crippen LogP contribution is -2.19. The van der Waals surface area contributed by atoms with E-state index in [2.05, 4.69) is 5.32 Å². The summed E-state index contributed by atoms with van der Waals surface area (Å²) in [7, 11) is 0. The molecule has 1 aromatic heterocycles. The van der Waals surface area contributed by atoms with Crippen molar-refractivity contribution in [3.8, 4) is 0 Å². The van der Waals surface area contributed by atoms with E-state index in [-0.39, 0.29) is 18.1 Å². The van der Waals surface area contributed by atoms with Crippen LogP contribution in [-0.2, 0) is 16.1 Å². The van der Waals surface area contributed by atoms with Crippen molar-refractivity contribution in [2.24, 2.45) is 5.92 Å². The van der Waals surface area contributed by atoms with Gasteiger partial charge in [0, 0.05) is 30.4 Å². The molecule has 0 fully saturated rings. The van der Waals surface area contributed by atoms with E-state index in [1.54, 1.807) is 6.07 Å². The predicted molar refractivity (Wildman–Crippen MR) is 125 cm³/mol. The molecule has 2 N–H and O–H groups in total. The quantitative estimate of drug-likeness (QED) is 0.478. The molecule has 164 valence electrons. The fourth-order valence-corrected chi connectivity index (χ4v) is 3.23. The fourth-order valence-electron chi connectivity index (χ4n) is 3.23. The monoisotopic (exact) mass is 430 g/mol. The van der Waals surface area contributed by atoms with E-state index in [1.807, 2.05) is 84.4 Å². The van der Waals surface area contributed by atoms with E-state index < -0.39 is 11.9 Å². The first-order chi connectivity index (χ1) is 15.3. The molecule has 0 aliphatic carbocycles. The maximum Gasteiger partial charge on any atom is 0.306 e. The van der Waals surface area contributed by atoms with Gasteiger partial charge in [-0.15, -0.1) is 0 Å². The number of nitrogens with zero attached hydrogens (tertiary/aromatic N) is 1. The number of allylic oxidation sites excluding steroid dienone is 1. The Morgan fingerprint density at radius 2 is 1.81 bits per heavy atom. The van der Waals surface area contributed by atoms with Gasteiger partial charge in [-0.1, -0.05) is 61.0 Å². The van der Waals surface area contributed by atoms with Crippen molar-refractivity contribution in [3.63, 3.8) is 0 Å². The Bertz CT molecular complexity index is 1140. The highest BCUT2D eigenvalue weighted by Gasteiger charge is 2.16. The minimum atomic E-state index is -0.998. The Labute approximate surface area is 187 Å². The number of amides is 1. The fraction of sp³-hybridized carbons (Fsp3) is 0.192. The van der Waals surface area contributed by atoms with Crippen LogP contribution in [0.4, 0.5) is 5.69 Å². The third-order valence-electron chi connectivity index (χ3n) is 5.07. The van der Waals surface area contributed by atoms with Crippen LogP contribution in [0.2, 0.25) is 0 Å². The number of carboxylic acid groups (broad SMARTS) is 1. The average Bonchev–Trinajstić information content (AvgIpc) is 3.22. The zero-order chi connectivity index (χ0) is 23.1. The smallest absolute Gasteiger partial charge is 0.306 e. The van der Waals surface area contributed by atoms with E-state index in [0.29, 0.717) is 23.5 Å². The van der Waals surface area contributed by atoms with Crippen LogP contribution in [0.1, 0.15) is 40.5 Å². The van der Waals surface area contributed by atoms with Crippen molar-refractivity contribution < 1.29 is 19.5 Å². The molecule has 3 aromatic rings. The predicted octanol–water partition coefficient (Wildman–Crippen LogP) is 4.79. The molecule has 6 heteroatoms. The van der Waals surface area contributed by atoms with E-state index >= 15 is 0 Å². The van der Waals surface area contributed by atoms with E-state index in [9.17, 15) is 14.4 Å². The molecule has 2 aromatic carbocycles. The lowest BCUT2D eigenvalue weighted by molar-refractivity contribution is -0.142. The van der Waals surface area contributed by atoms with Crippen molar-refractivity contribution in [3.05, 3.63) is 95.3 Å². The summed E-state index contributed by atoms with van der Waals surface area (Å²) in [6.45, 7) is 4.01. The molecular weight excluding hydrogens is 404 g/mol. The van der Waals surface area contributed by atoms with E-state index in [4.69, 9.17) is 5.11 Å². The average molecular weight is 431 g/mol. The van der Waals surface area contributed by atoms with Crippen LogP contribution < -0.4 is 5.32 Å². The second-order valence-electron chi connectivity index (χ2n) is 7.76. The molecule has 0 radical (unpaired) electrons. The zero-order valence-electron chi connectivity index (χ0n) is 18.1. The van der Waals surface area contributed by atoms with Gasteiger partial charge in [-0.25, -0.2) is 0 Å². The highest BCUT2D eigenvalue weighted by atomic mass is 16.4. The highest BCUT2D eigenvalue weighted by Crippen LogP contribution is 2.15. The molecule has 0 saturated carbocycles. The molecule has 3 rings (SSSR count). The number of rotatable bonds is 9. The summed E-state index contributed by atoms with van der Waals surface area (Å²) < 4.78 is 1.89. The van der Waals surface area contributed by atoms with Crippen LogP contribution in [0.25, 0.3) is 6.08 Å². The number of carbonyl (C=O) groups is 3. The Hall–Kier alpha value is -3.93. The third kappa shape index (κ3) is 6.04.